The Morgan fingerprint density at radius 3 is 3.00 bits per heavy atom. The summed E-state index contributed by atoms with van der Waals surface area (Å²) in [4.78, 5) is 14.0. The smallest absolute Gasteiger partial charge is 0.239 e. The van der Waals surface area contributed by atoms with Gasteiger partial charge in [0.15, 0.2) is 0 Å². The van der Waals surface area contributed by atoms with Crippen molar-refractivity contribution in [2.75, 3.05) is 32.0 Å². The molecular formula is C15H23N3O2. The van der Waals surface area contributed by atoms with E-state index < -0.39 is 5.54 Å². The monoisotopic (exact) mass is 277 g/mol. The normalized spacial score (nSPS) is 18.6. The van der Waals surface area contributed by atoms with E-state index in [0.29, 0.717) is 12.3 Å². The van der Waals surface area contributed by atoms with E-state index in [2.05, 4.69) is 10.2 Å². The van der Waals surface area contributed by atoms with Gasteiger partial charge in [0, 0.05) is 31.4 Å². The molecule has 1 aromatic rings. The third-order valence-electron chi connectivity index (χ3n) is 3.71. The minimum absolute atomic E-state index is 0.0977. The summed E-state index contributed by atoms with van der Waals surface area (Å²) in [5.74, 6) is 0.890. The van der Waals surface area contributed by atoms with Crippen LogP contribution >= 0.6 is 0 Å². The number of carbonyl (C=O) groups excluding carboxylic acids is 1. The molecule has 20 heavy (non-hydrogen) atoms. The van der Waals surface area contributed by atoms with Crippen molar-refractivity contribution in [1.82, 2.24) is 10.2 Å². The molecule has 5 nitrogen and oxygen atoms in total. The van der Waals surface area contributed by atoms with Crippen LogP contribution in [0.4, 0.5) is 5.69 Å². The van der Waals surface area contributed by atoms with Gasteiger partial charge in [-0.05, 0) is 32.4 Å². The predicted molar refractivity (Wildman–Crippen MR) is 79.6 cm³/mol. The molecule has 2 rings (SSSR count). The molecule has 1 aliphatic heterocycles. The van der Waals surface area contributed by atoms with Crippen molar-refractivity contribution < 1.29 is 9.53 Å². The summed E-state index contributed by atoms with van der Waals surface area (Å²) in [6.45, 7) is 7.00. The summed E-state index contributed by atoms with van der Waals surface area (Å²) in [6.07, 6.45) is 0.880. The zero-order valence-corrected chi connectivity index (χ0v) is 12.2. The van der Waals surface area contributed by atoms with Crippen LogP contribution in [-0.2, 0) is 4.79 Å². The number of anilines is 1. The maximum Gasteiger partial charge on any atom is 0.239 e. The fraction of sp³-hybridized carbons (Fsp3) is 0.533. The van der Waals surface area contributed by atoms with Gasteiger partial charge in [-0.2, -0.15) is 0 Å². The van der Waals surface area contributed by atoms with Crippen LogP contribution in [0.3, 0.4) is 0 Å². The Morgan fingerprint density at radius 2 is 2.25 bits per heavy atom. The van der Waals surface area contributed by atoms with Crippen LogP contribution in [0.1, 0.15) is 20.3 Å². The van der Waals surface area contributed by atoms with Gasteiger partial charge in [0.1, 0.15) is 5.75 Å². The molecule has 1 amide bonds. The van der Waals surface area contributed by atoms with E-state index in [9.17, 15) is 4.79 Å². The van der Waals surface area contributed by atoms with Crippen molar-refractivity contribution in [3.8, 4) is 5.75 Å². The highest BCUT2D eigenvalue weighted by Gasteiger charge is 2.36. The van der Waals surface area contributed by atoms with Gasteiger partial charge in [0.2, 0.25) is 5.91 Å². The number of hydrogen-bond acceptors (Lipinski definition) is 4. The van der Waals surface area contributed by atoms with Crippen LogP contribution in [-0.4, -0.2) is 42.6 Å². The van der Waals surface area contributed by atoms with E-state index in [-0.39, 0.29) is 5.91 Å². The third-order valence-corrected chi connectivity index (χ3v) is 3.71. The Bertz CT molecular complexity index is 474. The van der Waals surface area contributed by atoms with Gasteiger partial charge < -0.3 is 15.8 Å². The molecule has 1 aliphatic rings. The minimum atomic E-state index is -0.435. The second-order valence-electron chi connectivity index (χ2n) is 5.58. The largest absolute Gasteiger partial charge is 0.493 e. The number of nitrogens with one attached hydrogen (secondary N) is 1. The number of piperazine rings is 1. The van der Waals surface area contributed by atoms with Crippen LogP contribution in [0.2, 0.25) is 0 Å². The number of hydrogen-bond donors (Lipinski definition) is 2. The van der Waals surface area contributed by atoms with Gasteiger partial charge in [0.05, 0.1) is 12.1 Å². The third kappa shape index (κ3) is 3.42. The molecule has 3 N–H and O–H groups in total. The first kappa shape index (κ1) is 14.7. The number of nitrogens with zero attached hydrogens (tertiary/aromatic N) is 1. The maximum absolute atomic E-state index is 11.8. The average Bonchev–Trinajstić information content (AvgIpc) is 2.39. The van der Waals surface area contributed by atoms with Crippen LogP contribution in [0, 0.1) is 0 Å². The van der Waals surface area contributed by atoms with Gasteiger partial charge in [-0.25, -0.2) is 0 Å². The lowest BCUT2D eigenvalue weighted by Crippen LogP contribution is -2.61. The van der Waals surface area contributed by atoms with Crippen molar-refractivity contribution in [3.05, 3.63) is 24.3 Å². The molecule has 5 heteroatoms. The molecule has 0 unspecified atom stereocenters. The summed E-state index contributed by atoms with van der Waals surface area (Å²) in [5.41, 5.74) is 5.97. The van der Waals surface area contributed by atoms with Gasteiger partial charge in [-0.15, -0.1) is 0 Å². The van der Waals surface area contributed by atoms with Gasteiger partial charge >= 0.3 is 0 Å². The highest BCUT2D eigenvalue weighted by molar-refractivity contribution is 5.86. The predicted octanol–water partition coefficient (Wildman–Crippen LogP) is 1.25. The number of benzene rings is 1. The molecule has 0 radical (unpaired) electrons. The highest BCUT2D eigenvalue weighted by Crippen LogP contribution is 2.18. The Hall–Kier alpha value is -1.75. The van der Waals surface area contributed by atoms with E-state index in [0.717, 1.165) is 31.8 Å². The summed E-state index contributed by atoms with van der Waals surface area (Å²) in [6, 6.07) is 7.43. The molecule has 0 bridgehead atoms. The van der Waals surface area contributed by atoms with Gasteiger partial charge in [-0.3, -0.25) is 9.69 Å². The summed E-state index contributed by atoms with van der Waals surface area (Å²) >= 11 is 0. The number of amides is 1. The molecule has 0 aliphatic carbocycles. The lowest BCUT2D eigenvalue weighted by Gasteiger charge is -2.41. The van der Waals surface area contributed by atoms with E-state index in [1.165, 1.54) is 0 Å². The van der Waals surface area contributed by atoms with E-state index in [4.69, 9.17) is 10.5 Å². The molecule has 110 valence electrons. The van der Waals surface area contributed by atoms with Crippen LogP contribution in [0.15, 0.2) is 24.3 Å². The topological polar surface area (TPSA) is 67.6 Å². The quantitative estimate of drug-likeness (QED) is 0.628. The highest BCUT2D eigenvalue weighted by atomic mass is 16.5. The molecule has 0 atom stereocenters. The number of nitrogen functional groups attached to an aromatic ring is 1. The molecule has 1 heterocycles. The lowest BCUT2D eigenvalue weighted by molar-refractivity contribution is -0.135. The van der Waals surface area contributed by atoms with Crippen molar-refractivity contribution in [1.29, 1.82) is 0 Å². The number of ether oxygens (including phenoxy) is 1. The van der Waals surface area contributed by atoms with Crippen molar-refractivity contribution in [3.63, 3.8) is 0 Å². The second-order valence-corrected chi connectivity index (χ2v) is 5.58. The fourth-order valence-corrected chi connectivity index (χ4v) is 2.38. The molecule has 0 saturated carbocycles. The van der Waals surface area contributed by atoms with Gasteiger partial charge in [0.25, 0.3) is 0 Å². The maximum atomic E-state index is 11.8. The summed E-state index contributed by atoms with van der Waals surface area (Å²) < 4.78 is 5.67. The standard InChI is InChI=1S/C15H23N3O2/c1-15(2)14(19)17-7-9-18(15)8-4-10-20-13-6-3-5-12(16)11-13/h3,5-6,11H,4,7-10,16H2,1-2H3,(H,17,19). The van der Waals surface area contributed by atoms with Crippen LogP contribution < -0.4 is 15.8 Å². The van der Waals surface area contributed by atoms with Crippen molar-refractivity contribution in [2.24, 2.45) is 0 Å². The van der Waals surface area contributed by atoms with E-state index in [1.54, 1.807) is 0 Å². The van der Waals surface area contributed by atoms with E-state index in [1.807, 2.05) is 38.1 Å². The molecular weight excluding hydrogens is 254 g/mol. The number of nitrogens with two attached hydrogens (primary N) is 1. The van der Waals surface area contributed by atoms with Crippen LogP contribution in [0.25, 0.3) is 0 Å². The molecule has 0 spiro atoms. The summed E-state index contributed by atoms with van der Waals surface area (Å²) in [7, 11) is 0. The molecule has 1 saturated heterocycles. The SMILES string of the molecule is CC1(C)C(=O)NCCN1CCCOc1cccc(N)c1. The number of carbonyl (C=O) groups is 1. The molecule has 0 aromatic heterocycles. The first-order valence-electron chi connectivity index (χ1n) is 7.02. The Labute approximate surface area is 120 Å². The molecule has 1 fully saturated rings. The first-order chi connectivity index (χ1) is 9.50. The first-order valence-corrected chi connectivity index (χ1v) is 7.02. The zero-order chi connectivity index (χ0) is 14.6. The summed E-state index contributed by atoms with van der Waals surface area (Å²) in [5, 5.41) is 2.90. The van der Waals surface area contributed by atoms with Crippen molar-refractivity contribution >= 4 is 11.6 Å². The Kier molecular flexibility index (Phi) is 4.49. The Balaban J connectivity index is 1.77. The molecule has 1 aromatic carbocycles. The van der Waals surface area contributed by atoms with E-state index >= 15 is 0 Å². The number of rotatable bonds is 5. The average molecular weight is 277 g/mol. The fourth-order valence-electron chi connectivity index (χ4n) is 2.38. The van der Waals surface area contributed by atoms with Gasteiger partial charge in [-0.1, -0.05) is 6.07 Å². The Morgan fingerprint density at radius 1 is 1.45 bits per heavy atom. The second kappa shape index (κ2) is 6.13. The van der Waals surface area contributed by atoms with Crippen molar-refractivity contribution in [2.45, 2.75) is 25.8 Å². The zero-order valence-electron chi connectivity index (χ0n) is 12.2. The minimum Gasteiger partial charge on any atom is -0.493 e. The van der Waals surface area contributed by atoms with Crippen LogP contribution in [0.5, 0.6) is 5.75 Å². The lowest BCUT2D eigenvalue weighted by atomic mass is 9.99.